The first-order chi connectivity index (χ1) is 12.8. The summed E-state index contributed by atoms with van der Waals surface area (Å²) in [6.45, 7) is 0. The second kappa shape index (κ2) is 11.2. The third-order valence-electron chi connectivity index (χ3n) is 8.28. The molecule has 152 valence electrons. The van der Waals surface area contributed by atoms with Gasteiger partial charge >= 0.3 is 0 Å². The molecule has 0 saturated heterocycles. The van der Waals surface area contributed by atoms with Crippen LogP contribution in [0.15, 0.2) is 0 Å². The van der Waals surface area contributed by atoms with Gasteiger partial charge in [-0.25, -0.2) is 0 Å². The van der Waals surface area contributed by atoms with Crippen LogP contribution in [0.25, 0.3) is 0 Å². The van der Waals surface area contributed by atoms with Crippen molar-refractivity contribution in [1.29, 1.82) is 0 Å². The zero-order valence-electron chi connectivity index (χ0n) is 17.5. The molecule has 0 spiro atoms. The van der Waals surface area contributed by atoms with Gasteiger partial charge in [-0.05, 0) is 16.6 Å². The van der Waals surface area contributed by atoms with Crippen molar-refractivity contribution in [3.8, 4) is 0 Å². The molecule has 0 atom stereocenters. The fourth-order valence-electron chi connectivity index (χ4n) is 6.76. The summed E-state index contributed by atoms with van der Waals surface area (Å²) < 4.78 is 0. The highest BCUT2D eigenvalue weighted by Gasteiger charge is 2.51. The lowest BCUT2D eigenvalue weighted by Gasteiger charge is -2.47. The summed E-state index contributed by atoms with van der Waals surface area (Å²) in [6.07, 6.45) is 29.5. The Labute approximate surface area is 164 Å². The highest BCUT2D eigenvalue weighted by molar-refractivity contribution is 6.76. The van der Waals surface area contributed by atoms with Gasteiger partial charge in [0.15, 0.2) is 8.32 Å². The van der Waals surface area contributed by atoms with Crippen molar-refractivity contribution in [3.05, 3.63) is 0 Å². The fourth-order valence-corrected chi connectivity index (χ4v) is 12.8. The quantitative estimate of drug-likeness (QED) is 0.490. The topological polar surface area (TPSA) is 20.2 Å². The van der Waals surface area contributed by atoms with E-state index in [-0.39, 0.29) is 0 Å². The summed E-state index contributed by atoms with van der Waals surface area (Å²) >= 11 is 0. The van der Waals surface area contributed by atoms with Crippen LogP contribution in [0, 0.1) is 0 Å². The van der Waals surface area contributed by atoms with Gasteiger partial charge in [0.05, 0.1) is 0 Å². The predicted octanol–water partition coefficient (Wildman–Crippen LogP) is 8.27. The van der Waals surface area contributed by atoms with Crippen LogP contribution in [0.2, 0.25) is 16.6 Å². The molecule has 3 fully saturated rings. The molecule has 0 radical (unpaired) electrons. The van der Waals surface area contributed by atoms with Crippen LogP contribution in [0.3, 0.4) is 0 Å². The van der Waals surface area contributed by atoms with E-state index < -0.39 is 8.32 Å². The van der Waals surface area contributed by atoms with Gasteiger partial charge in [0.1, 0.15) is 0 Å². The Hall–Kier alpha value is 0.177. The smallest absolute Gasteiger partial charge is 0.197 e. The molecule has 0 aromatic carbocycles. The summed E-state index contributed by atoms with van der Waals surface area (Å²) in [5.41, 5.74) is 2.20. The molecule has 3 aliphatic rings. The summed E-state index contributed by atoms with van der Waals surface area (Å²) in [6, 6.07) is 0. The average molecular weight is 379 g/mol. The molecule has 3 saturated carbocycles. The van der Waals surface area contributed by atoms with E-state index >= 15 is 0 Å². The minimum atomic E-state index is -2.21. The van der Waals surface area contributed by atoms with E-state index in [1.165, 1.54) is 135 Å². The van der Waals surface area contributed by atoms with Gasteiger partial charge in [-0.3, -0.25) is 0 Å². The Morgan fingerprint density at radius 1 is 0.346 bits per heavy atom. The van der Waals surface area contributed by atoms with E-state index in [2.05, 4.69) is 0 Å². The van der Waals surface area contributed by atoms with Gasteiger partial charge in [0, 0.05) is 0 Å². The van der Waals surface area contributed by atoms with Gasteiger partial charge < -0.3 is 4.80 Å². The number of rotatable bonds is 3. The lowest BCUT2D eigenvalue weighted by Crippen LogP contribution is -2.50. The predicted molar refractivity (Wildman–Crippen MR) is 116 cm³/mol. The third kappa shape index (κ3) is 5.60. The first-order valence-corrected chi connectivity index (χ1v) is 14.7. The van der Waals surface area contributed by atoms with E-state index in [1.54, 1.807) is 0 Å². The molecule has 0 unspecified atom stereocenters. The van der Waals surface area contributed by atoms with Crippen molar-refractivity contribution in [2.45, 2.75) is 151 Å². The fraction of sp³-hybridized carbons (Fsp3) is 1.00. The van der Waals surface area contributed by atoms with Gasteiger partial charge in [0.25, 0.3) is 0 Å². The van der Waals surface area contributed by atoms with Gasteiger partial charge in [-0.1, -0.05) is 135 Å². The number of hydrogen-bond donors (Lipinski definition) is 1. The van der Waals surface area contributed by atoms with Crippen LogP contribution in [0.5, 0.6) is 0 Å². The van der Waals surface area contributed by atoms with Crippen molar-refractivity contribution >= 4 is 8.32 Å². The maximum absolute atomic E-state index is 12.7. The van der Waals surface area contributed by atoms with Gasteiger partial charge in [-0.2, -0.15) is 0 Å². The van der Waals surface area contributed by atoms with Crippen molar-refractivity contribution in [3.63, 3.8) is 0 Å². The molecule has 0 heterocycles. The molecular weight excluding hydrogens is 332 g/mol. The Balaban J connectivity index is 1.81. The third-order valence-corrected chi connectivity index (χ3v) is 13.9. The molecule has 0 amide bonds. The second-order valence-corrected chi connectivity index (χ2v) is 14.2. The maximum Gasteiger partial charge on any atom is 0.197 e. The van der Waals surface area contributed by atoms with Crippen LogP contribution in [-0.2, 0) is 0 Å². The normalized spacial score (nSPS) is 27.6. The zero-order chi connectivity index (χ0) is 18.1. The summed E-state index contributed by atoms with van der Waals surface area (Å²) in [7, 11) is -2.21. The maximum atomic E-state index is 12.7. The second-order valence-electron chi connectivity index (χ2n) is 10.0. The van der Waals surface area contributed by atoms with Crippen molar-refractivity contribution in [2.75, 3.05) is 0 Å². The molecule has 1 nitrogen and oxygen atoms in total. The van der Waals surface area contributed by atoms with Gasteiger partial charge in [-0.15, -0.1) is 0 Å². The summed E-state index contributed by atoms with van der Waals surface area (Å²) in [4.78, 5) is 12.7. The average Bonchev–Trinajstić information content (AvgIpc) is 2.53. The van der Waals surface area contributed by atoms with Gasteiger partial charge in [0.2, 0.25) is 0 Å². The molecule has 0 aromatic rings. The van der Waals surface area contributed by atoms with Crippen LogP contribution in [0.4, 0.5) is 0 Å². The molecular formula is C24H46OSi. The minimum Gasteiger partial charge on any atom is -0.431 e. The van der Waals surface area contributed by atoms with Crippen LogP contribution in [0.1, 0.15) is 135 Å². The standard InChI is InChI=1S/C24H46OSi/c25-26(22-16-10-4-1-5-11-17-22,23-18-12-6-2-7-13-19-23)24-20-14-8-3-9-15-21-24/h22-25H,1-21H2. The molecule has 1 N–H and O–H groups in total. The van der Waals surface area contributed by atoms with Crippen molar-refractivity contribution in [1.82, 2.24) is 0 Å². The summed E-state index contributed by atoms with van der Waals surface area (Å²) in [5, 5.41) is 0. The SMILES string of the molecule is O[Si](C1CCCCCCC1)(C1CCCCCCC1)C1CCCCCCC1. The molecule has 0 aliphatic heterocycles. The Morgan fingerprint density at radius 3 is 0.769 bits per heavy atom. The monoisotopic (exact) mass is 378 g/mol. The first-order valence-electron chi connectivity index (χ1n) is 12.5. The van der Waals surface area contributed by atoms with Crippen LogP contribution in [-0.4, -0.2) is 13.1 Å². The van der Waals surface area contributed by atoms with Crippen LogP contribution >= 0.6 is 0 Å². The molecule has 0 bridgehead atoms. The highest BCUT2D eigenvalue weighted by atomic mass is 28.4. The van der Waals surface area contributed by atoms with E-state index in [1.807, 2.05) is 0 Å². The highest BCUT2D eigenvalue weighted by Crippen LogP contribution is 2.53. The molecule has 3 rings (SSSR count). The molecule has 3 aliphatic carbocycles. The molecule has 2 heteroatoms. The Morgan fingerprint density at radius 2 is 0.538 bits per heavy atom. The van der Waals surface area contributed by atoms with Crippen molar-refractivity contribution in [2.24, 2.45) is 0 Å². The van der Waals surface area contributed by atoms with Crippen molar-refractivity contribution < 1.29 is 4.80 Å². The van der Waals surface area contributed by atoms with E-state index in [0.29, 0.717) is 0 Å². The lowest BCUT2D eigenvalue weighted by atomic mass is 9.99. The summed E-state index contributed by atoms with van der Waals surface area (Å²) in [5.74, 6) is 0. The number of hydrogen-bond acceptors (Lipinski definition) is 1. The van der Waals surface area contributed by atoms with E-state index in [0.717, 1.165) is 16.6 Å². The zero-order valence-corrected chi connectivity index (χ0v) is 18.5. The molecule has 26 heavy (non-hydrogen) atoms. The Bertz CT molecular complexity index is 303. The largest absolute Gasteiger partial charge is 0.431 e. The minimum absolute atomic E-state index is 0.733. The Kier molecular flexibility index (Phi) is 9.04. The first kappa shape index (κ1) is 20.9. The van der Waals surface area contributed by atoms with E-state index in [9.17, 15) is 4.80 Å². The van der Waals surface area contributed by atoms with E-state index in [4.69, 9.17) is 0 Å². The van der Waals surface area contributed by atoms with Crippen LogP contribution < -0.4 is 0 Å². The molecule has 0 aromatic heterocycles. The lowest BCUT2D eigenvalue weighted by molar-refractivity contribution is 0.353.